The molecule has 8 heteroatoms. The van der Waals surface area contributed by atoms with Crippen LogP contribution in [-0.2, 0) is 9.53 Å². The Morgan fingerprint density at radius 3 is 2.74 bits per heavy atom. The van der Waals surface area contributed by atoms with E-state index in [-0.39, 0.29) is 18.2 Å². The third-order valence-corrected chi connectivity index (χ3v) is 3.51. The van der Waals surface area contributed by atoms with Crippen LogP contribution in [0.2, 0.25) is 0 Å². The van der Waals surface area contributed by atoms with E-state index >= 15 is 0 Å². The van der Waals surface area contributed by atoms with Crippen molar-refractivity contribution in [3.8, 4) is 23.1 Å². The molecule has 3 rings (SSSR count). The predicted molar refractivity (Wildman–Crippen MR) is 79.4 cm³/mol. The van der Waals surface area contributed by atoms with Gasteiger partial charge in [-0.05, 0) is 24.3 Å². The standard InChI is InChI=1S/C15H15N5O3/c16-9-13-15(18-19-17-13)11-1-3-12(4-2-11)23-10-14(21)20-5-7-22-8-6-20/h1-4H,5-8,10H2,(H,17,18,19). The molecule has 1 N–H and O–H groups in total. The molecule has 0 bridgehead atoms. The number of aromatic nitrogens is 3. The van der Waals surface area contributed by atoms with Crippen LogP contribution >= 0.6 is 0 Å². The van der Waals surface area contributed by atoms with Crippen molar-refractivity contribution in [3.63, 3.8) is 0 Å². The second-order valence-electron chi connectivity index (χ2n) is 4.94. The Hall–Kier alpha value is -2.92. The normalized spacial score (nSPS) is 14.3. The quantitative estimate of drug-likeness (QED) is 0.885. The summed E-state index contributed by atoms with van der Waals surface area (Å²) >= 11 is 0. The molecule has 2 aromatic rings. The molecule has 0 saturated carbocycles. The first kappa shape index (κ1) is 15.0. The maximum absolute atomic E-state index is 12.0. The minimum absolute atomic E-state index is 0.00719. The lowest BCUT2D eigenvalue weighted by atomic mass is 10.1. The molecular weight excluding hydrogens is 298 g/mol. The van der Waals surface area contributed by atoms with Crippen LogP contribution < -0.4 is 4.74 Å². The smallest absolute Gasteiger partial charge is 0.260 e. The van der Waals surface area contributed by atoms with Crippen molar-refractivity contribution in [2.75, 3.05) is 32.9 Å². The third kappa shape index (κ3) is 3.46. The Kier molecular flexibility index (Phi) is 4.49. The van der Waals surface area contributed by atoms with Gasteiger partial charge in [0, 0.05) is 18.7 Å². The van der Waals surface area contributed by atoms with Gasteiger partial charge in [-0.25, -0.2) is 0 Å². The lowest BCUT2D eigenvalue weighted by Gasteiger charge is -2.26. The van der Waals surface area contributed by atoms with Crippen LogP contribution in [-0.4, -0.2) is 59.1 Å². The van der Waals surface area contributed by atoms with Crippen molar-refractivity contribution < 1.29 is 14.3 Å². The summed E-state index contributed by atoms with van der Waals surface area (Å²) in [5.74, 6) is 0.526. The van der Waals surface area contributed by atoms with Gasteiger partial charge in [0.05, 0.1) is 13.2 Å². The number of morpholine rings is 1. The number of ether oxygens (including phenoxy) is 2. The molecule has 1 aromatic carbocycles. The molecule has 1 aliphatic rings. The molecule has 0 aliphatic carbocycles. The molecule has 1 aliphatic heterocycles. The summed E-state index contributed by atoms with van der Waals surface area (Å²) in [6.07, 6.45) is 0. The van der Waals surface area contributed by atoms with E-state index in [1.165, 1.54) is 0 Å². The molecule has 23 heavy (non-hydrogen) atoms. The molecule has 8 nitrogen and oxygen atoms in total. The van der Waals surface area contributed by atoms with Crippen molar-refractivity contribution >= 4 is 5.91 Å². The fraction of sp³-hybridized carbons (Fsp3) is 0.333. The van der Waals surface area contributed by atoms with E-state index < -0.39 is 0 Å². The Labute approximate surface area is 132 Å². The van der Waals surface area contributed by atoms with Gasteiger partial charge in [0.15, 0.2) is 12.3 Å². The summed E-state index contributed by atoms with van der Waals surface area (Å²) in [6.45, 7) is 2.33. The second-order valence-corrected chi connectivity index (χ2v) is 4.94. The number of nitrogens with zero attached hydrogens (tertiary/aromatic N) is 4. The SMILES string of the molecule is N#Cc1n[nH]nc1-c1ccc(OCC(=O)N2CCOCC2)cc1. The number of hydrogen-bond donors (Lipinski definition) is 1. The average molecular weight is 313 g/mol. The summed E-state index contributed by atoms with van der Waals surface area (Å²) in [4.78, 5) is 13.7. The topological polar surface area (TPSA) is 104 Å². The van der Waals surface area contributed by atoms with Gasteiger partial charge in [-0.15, -0.1) is 5.10 Å². The van der Waals surface area contributed by atoms with Gasteiger partial charge in [-0.2, -0.15) is 15.6 Å². The Morgan fingerprint density at radius 2 is 2.04 bits per heavy atom. The van der Waals surface area contributed by atoms with Crippen LogP contribution in [0.25, 0.3) is 11.3 Å². The number of amides is 1. The van der Waals surface area contributed by atoms with Crippen LogP contribution in [0.5, 0.6) is 5.75 Å². The number of aromatic amines is 1. The first-order valence-electron chi connectivity index (χ1n) is 7.17. The molecule has 118 valence electrons. The maximum atomic E-state index is 12.0. The van der Waals surface area contributed by atoms with E-state index in [1.54, 1.807) is 29.2 Å². The molecule has 0 radical (unpaired) electrons. The van der Waals surface area contributed by atoms with Crippen molar-refractivity contribution in [2.45, 2.75) is 0 Å². The van der Waals surface area contributed by atoms with Crippen LogP contribution in [0.1, 0.15) is 5.69 Å². The van der Waals surface area contributed by atoms with Crippen LogP contribution in [0, 0.1) is 11.3 Å². The zero-order valence-electron chi connectivity index (χ0n) is 12.4. The second kappa shape index (κ2) is 6.89. The van der Waals surface area contributed by atoms with Crippen molar-refractivity contribution in [3.05, 3.63) is 30.0 Å². The van der Waals surface area contributed by atoms with Gasteiger partial charge in [0.1, 0.15) is 17.5 Å². The van der Waals surface area contributed by atoms with E-state index in [1.807, 2.05) is 6.07 Å². The minimum Gasteiger partial charge on any atom is -0.484 e. The molecule has 1 saturated heterocycles. The predicted octanol–water partition coefficient (Wildman–Crippen LogP) is 0.581. The lowest BCUT2D eigenvalue weighted by molar-refractivity contribution is -0.137. The third-order valence-electron chi connectivity index (χ3n) is 3.51. The first-order valence-corrected chi connectivity index (χ1v) is 7.17. The Balaban J connectivity index is 1.59. The van der Waals surface area contributed by atoms with Crippen molar-refractivity contribution in [1.82, 2.24) is 20.3 Å². The fourth-order valence-electron chi connectivity index (χ4n) is 2.27. The highest BCUT2D eigenvalue weighted by Gasteiger charge is 2.17. The molecule has 1 fully saturated rings. The molecule has 0 spiro atoms. The zero-order valence-corrected chi connectivity index (χ0v) is 12.4. The van der Waals surface area contributed by atoms with Crippen LogP contribution in [0.3, 0.4) is 0 Å². The Morgan fingerprint density at radius 1 is 1.30 bits per heavy atom. The van der Waals surface area contributed by atoms with E-state index in [4.69, 9.17) is 14.7 Å². The average Bonchev–Trinajstić information content (AvgIpc) is 3.09. The van der Waals surface area contributed by atoms with E-state index in [0.29, 0.717) is 37.7 Å². The first-order chi connectivity index (χ1) is 11.3. The van der Waals surface area contributed by atoms with E-state index in [0.717, 1.165) is 5.56 Å². The zero-order chi connectivity index (χ0) is 16.1. The number of benzene rings is 1. The van der Waals surface area contributed by atoms with Gasteiger partial charge in [-0.1, -0.05) is 0 Å². The largest absolute Gasteiger partial charge is 0.484 e. The summed E-state index contributed by atoms with van der Waals surface area (Å²) in [5, 5.41) is 19.1. The summed E-state index contributed by atoms with van der Waals surface area (Å²) < 4.78 is 10.7. The lowest BCUT2D eigenvalue weighted by Crippen LogP contribution is -2.42. The maximum Gasteiger partial charge on any atom is 0.260 e. The van der Waals surface area contributed by atoms with Gasteiger partial charge in [0.2, 0.25) is 0 Å². The number of carbonyl (C=O) groups excluding carboxylic acids is 1. The van der Waals surface area contributed by atoms with Crippen molar-refractivity contribution in [1.29, 1.82) is 5.26 Å². The van der Waals surface area contributed by atoms with Gasteiger partial charge in [0.25, 0.3) is 5.91 Å². The van der Waals surface area contributed by atoms with Crippen LogP contribution in [0.4, 0.5) is 0 Å². The number of nitriles is 1. The molecule has 2 heterocycles. The van der Waals surface area contributed by atoms with Crippen LogP contribution in [0.15, 0.2) is 24.3 Å². The fourth-order valence-corrected chi connectivity index (χ4v) is 2.27. The van der Waals surface area contributed by atoms with Crippen molar-refractivity contribution in [2.24, 2.45) is 0 Å². The van der Waals surface area contributed by atoms with E-state index in [9.17, 15) is 4.79 Å². The van der Waals surface area contributed by atoms with Gasteiger partial charge >= 0.3 is 0 Å². The summed E-state index contributed by atoms with van der Waals surface area (Å²) in [5.41, 5.74) is 1.48. The monoisotopic (exact) mass is 313 g/mol. The number of nitrogens with one attached hydrogen (secondary N) is 1. The number of carbonyl (C=O) groups is 1. The molecular formula is C15H15N5O3. The van der Waals surface area contributed by atoms with E-state index in [2.05, 4.69) is 15.4 Å². The molecule has 0 atom stereocenters. The summed E-state index contributed by atoms with van der Waals surface area (Å²) in [6, 6.07) is 8.98. The Bertz CT molecular complexity index is 713. The number of rotatable bonds is 4. The molecule has 1 aromatic heterocycles. The highest BCUT2D eigenvalue weighted by Crippen LogP contribution is 2.22. The highest BCUT2D eigenvalue weighted by molar-refractivity contribution is 5.77. The molecule has 0 unspecified atom stereocenters. The summed E-state index contributed by atoms with van der Waals surface area (Å²) in [7, 11) is 0. The van der Waals surface area contributed by atoms with Gasteiger partial charge in [-0.3, -0.25) is 4.79 Å². The number of H-pyrrole nitrogens is 1. The number of hydrogen-bond acceptors (Lipinski definition) is 6. The highest BCUT2D eigenvalue weighted by atomic mass is 16.5. The van der Waals surface area contributed by atoms with Gasteiger partial charge < -0.3 is 14.4 Å². The molecule has 1 amide bonds. The minimum atomic E-state index is -0.0550.